The van der Waals surface area contributed by atoms with Gasteiger partial charge in [0.05, 0.1) is 18.6 Å². The zero-order valence-corrected chi connectivity index (χ0v) is 16.0. The maximum Gasteiger partial charge on any atom is 0.303 e. The highest BCUT2D eigenvalue weighted by Gasteiger charge is 2.13. The maximum atomic E-state index is 11.6. The third kappa shape index (κ3) is 6.49. The maximum absolute atomic E-state index is 11.6. The van der Waals surface area contributed by atoms with Crippen molar-refractivity contribution in [3.05, 3.63) is 58.1 Å². The number of hydrogen-bond donors (Lipinski definition) is 2. The molecule has 144 valence electrons. The molecule has 2 aromatic carbocycles. The van der Waals surface area contributed by atoms with Crippen LogP contribution in [0.2, 0.25) is 5.02 Å². The van der Waals surface area contributed by atoms with Crippen LogP contribution >= 0.6 is 11.6 Å². The Labute approximate surface area is 163 Å². The average Bonchev–Trinajstić information content (AvgIpc) is 2.64. The predicted octanol–water partition coefficient (Wildman–Crippen LogP) is 3.72. The van der Waals surface area contributed by atoms with Gasteiger partial charge < -0.3 is 19.9 Å². The molecular formula is C20H22ClNO5. The van der Waals surface area contributed by atoms with Crippen molar-refractivity contribution in [2.75, 3.05) is 7.11 Å². The Kier molecular flexibility index (Phi) is 7.49. The number of benzene rings is 2. The minimum Gasteiger partial charge on any atom is -0.493 e. The monoisotopic (exact) mass is 391 g/mol. The van der Waals surface area contributed by atoms with Crippen molar-refractivity contribution >= 4 is 23.5 Å². The number of ether oxygens (including phenoxy) is 2. The number of aliphatic carboxylic acids is 1. The van der Waals surface area contributed by atoms with E-state index in [2.05, 4.69) is 5.32 Å². The van der Waals surface area contributed by atoms with Crippen LogP contribution in [0.5, 0.6) is 11.5 Å². The van der Waals surface area contributed by atoms with Crippen LogP contribution in [0.15, 0.2) is 36.4 Å². The Morgan fingerprint density at radius 1 is 1.11 bits per heavy atom. The van der Waals surface area contributed by atoms with Gasteiger partial charge >= 0.3 is 5.97 Å². The van der Waals surface area contributed by atoms with E-state index >= 15 is 0 Å². The number of carbonyl (C=O) groups excluding carboxylic acids is 1. The van der Waals surface area contributed by atoms with Crippen LogP contribution in [0.4, 0.5) is 0 Å². The van der Waals surface area contributed by atoms with Crippen molar-refractivity contribution in [3.63, 3.8) is 0 Å². The summed E-state index contributed by atoms with van der Waals surface area (Å²) in [5, 5.41) is 11.6. The molecule has 0 aliphatic carbocycles. The van der Waals surface area contributed by atoms with Crippen molar-refractivity contribution in [1.82, 2.24) is 5.32 Å². The number of nitrogens with one attached hydrogen (secondary N) is 1. The molecule has 7 heteroatoms. The van der Waals surface area contributed by atoms with Crippen molar-refractivity contribution in [2.24, 2.45) is 0 Å². The SMILES string of the molecule is COc1cc(CNC(=O)CCC(=O)O)cc(Cl)c1OCc1ccc(C)cc1. The molecule has 0 fully saturated rings. The molecular weight excluding hydrogens is 370 g/mol. The largest absolute Gasteiger partial charge is 0.493 e. The molecule has 0 unspecified atom stereocenters. The number of hydrogen-bond acceptors (Lipinski definition) is 4. The summed E-state index contributed by atoms with van der Waals surface area (Å²) < 4.78 is 11.2. The number of methoxy groups -OCH3 is 1. The van der Waals surface area contributed by atoms with Crippen LogP contribution in [0.3, 0.4) is 0 Å². The fourth-order valence-electron chi connectivity index (χ4n) is 2.36. The van der Waals surface area contributed by atoms with E-state index in [1.54, 1.807) is 12.1 Å². The van der Waals surface area contributed by atoms with Crippen LogP contribution in [0.25, 0.3) is 0 Å². The Hall–Kier alpha value is -2.73. The normalized spacial score (nSPS) is 10.3. The number of rotatable bonds is 9. The van der Waals surface area contributed by atoms with Gasteiger partial charge in [0.25, 0.3) is 0 Å². The molecule has 0 spiro atoms. The van der Waals surface area contributed by atoms with Gasteiger partial charge in [0.1, 0.15) is 6.61 Å². The van der Waals surface area contributed by atoms with E-state index in [9.17, 15) is 9.59 Å². The van der Waals surface area contributed by atoms with E-state index in [4.69, 9.17) is 26.2 Å². The first-order valence-electron chi connectivity index (χ1n) is 8.42. The highest BCUT2D eigenvalue weighted by Crippen LogP contribution is 2.37. The topological polar surface area (TPSA) is 84.9 Å². The van der Waals surface area contributed by atoms with Gasteiger partial charge in [0.15, 0.2) is 11.5 Å². The van der Waals surface area contributed by atoms with Gasteiger partial charge in [0, 0.05) is 13.0 Å². The summed E-state index contributed by atoms with van der Waals surface area (Å²) in [6, 6.07) is 11.4. The van der Waals surface area contributed by atoms with E-state index in [0.717, 1.165) is 11.1 Å². The lowest BCUT2D eigenvalue weighted by Gasteiger charge is -2.15. The molecule has 2 rings (SSSR count). The minimum absolute atomic E-state index is 0.0715. The summed E-state index contributed by atoms with van der Waals surface area (Å²) in [4.78, 5) is 22.1. The molecule has 0 saturated heterocycles. The van der Waals surface area contributed by atoms with Gasteiger partial charge in [-0.25, -0.2) is 0 Å². The molecule has 0 atom stereocenters. The Morgan fingerprint density at radius 3 is 2.44 bits per heavy atom. The van der Waals surface area contributed by atoms with Crippen molar-refractivity contribution < 1.29 is 24.2 Å². The van der Waals surface area contributed by atoms with E-state index in [-0.39, 0.29) is 25.3 Å². The average molecular weight is 392 g/mol. The third-order valence-corrected chi connectivity index (χ3v) is 4.13. The number of carbonyl (C=O) groups is 2. The van der Waals surface area contributed by atoms with E-state index in [1.165, 1.54) is 12.7 Å². The number of amides is 1. The zero-order valence-electron chi connectivity index (χ0n) is 15.3. The molecule has 0 aromatic heterocycles. The van der Waals surface area contributed by atoms with Gasteiger partial charge in [-0.15, -0.1) is 0 Å². The summed E-state index contributed by atoms with van der Waals surface area (Å²) in [5.41, 5.74) is 2.90. The summed E-state index contributed by atoms with van der Waals surface area (Å²) in [6.07, 6.45) is -0.278. The molecule has 1 amide bonds. The molecule has 0 bridgehead atoms. The number of aryl methyl sites for hydroxylation is 1. The van der Waals surface area contributed by atoms with Crippen LogP contribution in [0, 0.1) is 6.92 Å². The number of carboxylic acid groups (broad SMARTS) is 1. The molecule has 0 heterocycles. The summed E-state index contributed by atoms with van der Waals surface area (Å²) >= 11 is 6.33. The van der Waals surface area contributed by atoms with Crippen molar-refractivity contribution in [1.29, 1.82) is 0 Å². The van der Waals surface area contributed by atoms with Crippen LogP contribution in [0.1, 0.15) is 29.5 Å². The van der Waals surface area contributed by atoms with Crippen LogP contribution in [-0.4, -0.2) is 24.1 Å². The first-order valence-corrected chi connectivity index (χ1v) is 8.80. The number of carboxylic acids is 1. The summed E-state index contributed by atoms with van der Waals surface area (Å²) in [6.45, 7) is 2.58. The molecule has 27 heavy (non-hydrogen) atoms. The first kappa shape index (κ1) is 20.6. The van der Waals surface area contributed by atoms with Gasteiger partial charge in [0.2, 0.25) is 5.91 Å². The molecule has 2 aromatic rings. The standard InChI is InChI=1S/C20H22ClNO5/c1-13-3-5-14(6-4-13)12-27-20-16(21)9-15(10-17(20)26-2)11-22-18(23)7-8-19(24)25/h3-6,9-10H,7-8,11-12H2,1-2H3,(H,22,23)(H,24,25). The van der Waals surface area contributed by atoms with Crippen LogP contribution < -0.4 is 14.8 Å². The molecule has 0 saturated carbocycles. The molecule has 6 nitrogen and oxygen atoms in total. The first-order chi connectivity index (χ1) is 12.9. The third-order valence-electron chi connectivity index (χ3n) is 3.85. The molecule has 0 radical (unpaired) electrons. The lowest BCUT2D eigenvalue weighted by atomic mass is 10.1. The van der Waals surface area contributed by atoms with Crippen LogP contribution in [-0.2, 0) is 22.7 Å². The second-order valence-electron chi connectivity index (χ2n) is 6.05. The zero-order chi connectivity index (χ0) is 19.8. The van der Waals surface area contributed by atoms with Gasteiger partial charge in [-0.2, -0.15) is 0 Å². The quantitative estimate of drug-likeness (QED) is 0.680. The van der Waals surface area contributed by atoms with E-state index in [0.29, 0.717) is 23.1 Å². The second kappa shape index (κ2) is 9.83. The van der Waals surface area contributed by atoms with E-state index < -0.39 is 5.97 Å². The fraction of sp³-hybridized carbons (Fsp3) is 0.300. The fourth-order valence-corrected chi connectivity index (χ4v) is 2.65. The van der Waals surface area contributed by atoms with Crippen molar-refractivity contribution in [2.45, 2.75) is 32.9 Å². The highest BCUT2D eigenvalue weighted by molar-refractivity contribution is 6.32. The Bertz CT molecular complexity index is 805. The molecule has 0 aliphatic heterocycles. The second-order valence-corrected chi connectivity index (χ2v) is 6.46. The summed E-state index contributed by atoms with van der Waals surface area (Å²) in [7, 11) is 1.51. The minimum atomic E-state index is -1.01. The lowest BCUT2D eigenvalue weighted by Crippen LogP contribution is -2.23. The van der Waals surface area contributed by atoms with Gasteiger partial charge in [-0.05, 0) is 30.2 Å². The predicted molar refractivity (Wildman–Crippen MR) is 102 cm³/mol. The highest BCUT2D eigenvalue weighted by atomic mass is 35.5. The molecule has 2 N–H and O–H groups in total. The van der Waals surface area contributed by atoms with Gasteiger partial charge in [-0.3, -0.25) is 9.59 Å². The smallest absolute Gasteiger partial charge is 0.303 e. The Balaban J connectivity index is 2.02. The lowest BCUT2D eigenvalue weighted by molar-refractivity contribution is -0.138. The number of halogens is 1. The Morgan fingerprint density at radius 2 is 1.81 bits per heavy atom. The summed E-state index contributed by atoms with van der Waals surface area (Å²) in [5.74, 6) is -0.456. The van der Waals surface area contributed by atoms with Crippen molar-refractivity contribution in [3.8, 4) is 11.5 Å². The van der Waals surface area contributed by atoms with E-state index in [1.807, 2.05) is 31.2 Å². The molecule has 0 aliphatic rings. The van der Waals surface area contributed by atoms with Gasteiger partial charge in [-0.1, -0.05) is 41.4 Å².